The van der Waals surface area contributed by atoms with Crippen molar-refractivity contribution >= 4 is 10.0 Å². The lowest BCUT2D eigenvalue weighted by atomic mass is 10.0. The molecule has 0 unspecified atom stereocenters. The number of hydrogen-bond donors (Lipinski definition) is 0. The molecule has 2 heterocycles. The van der Waals surface area contributed by atoms with Crippen molar-refractivity contribution < 1.29 is 13.2 Å². The van der Waals surface area contributed by atoms with E-state index < -0.39 is 10.0 Å². The van der Waals surface area contributed by atoms with Crippen molar-refractivity contribution in [1.82, 2.24) is 14.1 Å². The van der Waals surface area contributed by atoms with E-state index in [1.165, 1.54) is 6.20 Å². The summed E-state index contributed by atoms with van der Waals surface area (Å²) in [5, 5.41) is 4.16. The Hall–Kier alpha value is -1.86. The molecular weight excluding hydrogens is 326 g/mol. The number of aromatic nitrogens is 2. The number of aryl methyl sites for hydroxylation is 1. The van der Waals surface area contributed by atoms with Crippen LogP contribution < -0.4 is 4.74 Å². The van der Waals surface area contributed by atoms with Gasteiger partial charge in [0.25, 0.3) is 0 Å². The summed E-state index contributed by atoms with van der Waals surface area (Å²) in [6.45, 7) is 4.83. The Morgan fingerprint density at radius 2 is 2.04 bits per heavy atom. The maximum atomic E-state index is 13.0. The van der Waals surface area contributed by atoms with Crippen LogP contribution in [-0.4, -0.2) is 36.2 Å². The van der Waals surface area contributed by atoms with Gasteiger partial charge in [0.15, 0.2) is 0 Å². The SMILES string of the molecule is COc1ccc2c(c1)CCCN(S(=O)(=O)c1cnn(C(C)C)c1)C2. The molecule has 130 valence electrons. The second-order valence-electron chi connectivity index (χ2n) is 6.33. The smallest absolute Gasteiger partial charge is 0.246 e. The Labute approximate surface area is 143 Å². The second kappa shape index (κ2) is 6.57. The highest BCUT2D eigenvalue weighted by atomic mass is 32.2. The summed E-state index contributed by atoms with van der Waals surface area (Å²) in [4.78, 5) is 0.258. The maximum Gasteiger partial charge on any atom is 0.246 e. The van der Waals surface area contributed by atoms with Crippen LogP contribution in [0.2, 0.25) is 0 Å². The van der Waals surface area contributed by atoms with Gasteiger partial charge in [-0.2, -0.15) is 9.40 Å². The number of methoxy groups -OCH3 is 1. The van der Waals surface area contributed by atoms with Crippen LogP contribution in [0.15, 0.2) is 35.5 Å². The lowest BCUT2D eigenvalue weighted by Gasteiger charge is -2.19. The van der Waals surface area contributed by atoms with E-state index in [4.69, 9.17) is 4.74 Å². The van der Waals surface area contributed by atoms with Gasteiger partial charge < -0.3 is 4.74 Å². The summed E-state index contributed by atoms with van der Waals surface area (Å²) in [6.07, 6.45) is 4.69. The molecule has 1 aliphatic heterocycles. The first-order valence-electron chi connectivity index (χ1n) is 8.12. The van der Waals surface area contributed by atoms with Crippen LogP contribution in [0.4, 0.5) is 0 Å². The van der Waals surface area contributed by atoms with Crippen molar-refractivity contribution in [2.24, 2.45) is 0 Å². The molecule has 0 radical (unpaired) electrons. The van der Waals surface area contributed by atoms with Gasteiger partial charge in [0.05, 0.1) is 13.3 Å². The zero-order chi connectivity index (χ0) is 17.3. The highest BCUT2D eigenvalue weighted by Crippen LogP contribution is 2.27. The summed E-state index contributed by atoms with van der Waals surface area (Å²) in [6, 6.07) is 5.97. The summed E-state index contributed by atoms with van der Waals surface area (Å²) < 4.78 is 34.4. The fourth-order valence-electron chi connectivity index (χ4n) is 2.92. The van der Waals surface area contributed by atoms with E-state index in [1.807, 2.05) is 32.0 Å². The highest BCUT2D eigenvalue weighted by molar-refractivity contribution is 7.89. The standard InChI is InChI=1S/C17H23N3O3S/c1-13(2)20-12-17(10-18-20)24(21,22)19-8-4-5-14-9-16(23-3)7-6-15(14)11-19/h6-7,9-10,12-13H,4-5,8,11H2,1-3H3. The van der Waals surface area contributed by atoms with Crippen molar-refractivity contribution in [2.75, 3.05) is 13.7 Å². The quantitative estimate of drug-likeness (QED) is 0.851. The molecule has 0 N–H and O–H groups in total. The average Bonchev–Trinajstić information content (AvgIpc) is 2.96. The van der Waals surface area contributed by atoms with Crippen LogP contribution >= 0.6 is 0 Å². The molecule has 24 heavy (non-hydrogen) atoms. The number of rotatable bonds is 4. The topological polar surface area (TPSA) is 64.4 Å². The molecule has 0 spiro atoms. The second-order valence-corrected chi connectivity index (χ2v) is 8.26. The monoisotopic (exact) mass is 349 g/mol. The molecule has 0 saturated heterocycles. The van der Waals surface area contributed by atoms with Crippen LogP contribution in [-0.2, 0) is 23.0 Å². The fraction of sp³-hybridized carbons (Fsp3) is 0.471. The predicted octanol–water partition coefficient (Wildman–Crippen LogP) is 2.61. The van der Waals surface area contributed by atoms with E-state index in [2.05, 4.69) is 5.10 Å². The average molecular weight is 349 g/mol. The highest BCUT2D eigenvalue weighted by Gasteiger charge is 2.28. The van der Waals surface area contributed by atoms with E-state index in [9.17, 15) is 8.42 Å². The Balaban J connectivity index is 1.90. The first-order chi connectivity index (χ1) is 11.4. The first-order valence-corrected chi connectivity index (χ1v) is 9.56. The fourth-order valence-corrected chi connectivity index (χ4v) is 4.32. The van der Waals surface area contributed by atoms with Crippen LogP contribution in [0.1, 0.15) is 37.4 Å². The predicted molar refractivity (Wildman–Crippen MR) is 91.5 cm³/mol. The normalized spacial score (nSPS) is 16.0. The molecule has 0 atom stereocenters. The Morgan fingerprint density at radius 1 is 1.25 bits per heavy atom. The van der Waals surface area contributed by atoms with Crippen molar-refractivity contribution in [1.29, 1.82) is 0 Å². The third-order valence-electron chi connectivity index (χ3n) is 4.36. The van der Waals surface area contributed by atoms with Gasteiger partial charge in [0, 0.05) is 25.3 Å². The molecule has 1 aromatic carbocycles. The molecule has 0 amide bonds. The van der Waals surface area contributed by atoms with Crippen LogP contribution in [0.3, 0.4) is 0 Å². The van der Waals surface area contributed by atoms with Crippen molar-refractivity contribution in [3.05, 3.63) is 41.7 Å². The minimum Gasteiger partial charge on any atom is -0.497 e. The number of hydrogen-bond acceptors (Lipinski definition) is 4. The summed E-state index contributed by atoms with van der Waals surface area (Å²) in [7, 11) is -1.90. The van der Waals surface area contributed by atoms with Gasteiger partial charge in [-0.25, -0.2) is 8.42 Å². The minimum absolute atomic E-state index is 0.131. The number of benzene rings is 1. The summed E-state index contributed by atoms with van der Waals surface area (Å²) >= 11 is 0. The largest absolute Gasteiger partial charge is 0.497 e. The van der Waals surface area contributed by atoms with Gasteiger partial charge in [-0.1, -0.05) is 6.07 Å². The van der Waals surface area contributed by atoms with Crippen molar-refractivity contribution in [3.63, 3.8) is 0 Å². The molecular formula is C17H23N3O3S. The third kappa shape index (κ3) is 3.18. The molecule has 1 aromatic heterocycles. The Morgan fingerprint density at radius 3 is 2.71 bits per heavy atom. The number of fused-ring (bicyclic) bond motifs is 1. The van der Waals surface area contributed by atoms with E-state index in [1.54, 1.807) is 22.3 Å². The third-order valence-corrected chi connectivity index (χ3v) is 6.16. The van der Waals surface area contributed by atoms with Crippen LogP contribution in [0.5, 0.6) is 5.75 Å². The van der Waals surface area contributed by atoms with Gasteiger partial charge in [-0.3, -0.25) is 4.68 Å². The molecule has 2 aromatic rings. The van der Waals surface area contributed by atoms with Gasteiger partial charge in [0.2, 0.25) is 10.0 Å². The zero-order valence-corrected chi connectivity index (χ0v) is 15.1. The minimum atomic E-state index is -3.54. The van der Waals surface area contributed by atoms with Gasteiger partial charge in [-0.15, -0.1) is 0 Å². The van der Waals surface area contributed by atoms with Gasteiger partial charge >= 0.3 is 0 Å². The lowest BCUT2D eigenvalue weighted by Crippen LogP contribution is -2.30. The van der Waals surface area contributed by atoms with E-state index >= 15 is 0 Å². The Bertz CT molecular complexity index is 827. The van der Waals surface area contributed by atoms with Crippen molar-refractivity contribution in [3.8, 4) is 5.75 Å². The molecule has 0 saturated carbocycles. The zero-order valence-electron chi connectivity index (χ0n) is 14.3. The molecule has 0 bridgehead atoms. The molecule has 3 rings (SSSR count). The molecule has 0 aliphatic carbocycles. The van der Waals surface area contributed by atoms with Gasteiger partial charge in [0.1, 0.15) is 10.6 Å². The van der Waals surface area contributed by atoms with E-state index in [-0.39, 0.29) is 10.9 Å². The lowest BCUT2D eigenvalue weighted by molar-refractivity contribution is 0.409. The summed E-state index contributed by atoms with van der Waals surface area (Å²) in [5.41, 5.74) is 2.19. The molecule has 0 fully saturated rings. The summed E-state index contributed by atoms with van der Waals surface area (Å²) in [5.74, 6) is 0.809. The van der Waals surface area contributed by atoms with Crippen molar-refractivity contribution in [2.45, 2.75) is 44.2 Å². The van der Waals surface area contributed by atoms with E-state index in [0.717, 1.165) is 29.7 Å². The first kappa shape index (κ1) is 17.0. The van der Waals surface area contributed by atoms with Crippen LogP contribution in [0, 0.1) is 0 Å². The van der Waals surface area contributed by atoms with Gasteiger partial charge in [-0.05, 0) is 49.9 Å². The molecule has 6 nitrogen and oxygen atoms in total. The number of sulfonamides is 1. The number of nitrogens with zero attached hydrogens (tertiary/aromatic N) is 3. The number of ether oxygens (including phenoxy) is 1. The van der Waals surface area contributed by atoms with Crippen LogP contribution in [0.25, 0.3) is 0 Å². The van der Waals surface area contributed by atoms with E-state index in [0.29, 0.717) is 13.1 Å². The molecule has 7 heteroatoms. The molecule has 1 aliphatic rings. The Kier molecular flexibility index (Phi) is 4.64. The maximum absolute atomic E-state index is 13.0.